The molecular formula is C24H24BrN3O4S2. The molecule has 0 aromatic heterocycles. The number of halogens is 1. The smallest absolute Gasteiger partial charge is 0.257 e. The lowest BCUT2D eigenvalue weighted by Gasteiger charge is -2.12. The second-order valence-electron chi connectivity index (χ2n) is 7.14. The van der Waals surface area contributed by atoms with Crippen LogP contribution in [0, 0.1) is 0 Å². The first kappa shape index (κ1) is 25.8. The zero-order valence-electron chi connectivity index (χ0n) is 18.4. The monoisotopic (exact) mass is 561 g/mol. The van der Waals surface area contributed by atoms with Gasteiger partial charge < -0.3 is 10.1 Å². The normalized spacial score (nSPS) is 11.0. The van der Waals surface area contributed by atoms with Crippen molar-refractivity contribution in [3.8, 4) is 5.75 Å². The van der Waals surface area contributed by atoms with Crippen LogP contribution in [0.3, 0.4) is 0 Å². The van der Waals surface area contributed by atoms with Crippen LogP contribution in [0.25, 0.3) is 0 Å². The summed E-state index contributed by atoms with van der Waals surface area (Å²) < 4.78 is 33.8. The summed E-state index contributed by atoms with van der Waals surface area (Å²) in [6.45, 7) is 2.69. The summed E-state index contributed by atoms with van der Waals surface area (Å²) >= 11 is 8.59. The van der Waals surface area contributed by atoms with Gasteiger partial charge in [-0.05, 0) is 89.5 Å². The number of rotatable bonds is 9. The number of hydrogen-bond donors (Lipinski definition) is 3. The summed E-state index contributed by atoms with van der Waals surface area (Å²) in [7, 11) is -3.64. The molecular weight excluding hydrogens is 538 g/mol. The standard InChI is InChI=1S/C24H24BrN3O4S2/c1-2-32-22-13-8-18(16-21(22)25)23(29)28-24(33)27-19-9-11-20(12-10-19)34(30,31)26-15-14-17-6-4-3-5-7-17/h3-13,16,26H,2,14-15H2,1H3,(H2,27,28,29,33). The highest BCUT2D eigenvalue weighted by Gasteiger charge is 2.14. The van der Waals surface area contributed by atoms with E-state index in [1.165, 1.54) is 12.1 Å². The molecule has 10 heteroatoms. The van der Waals surface area contributed by atoms with Crippen molar-refractivity contribution >= 4 is 54.9 Å². The van der Waals surface area contributed by atoms with E-state index in [2.05, 4.69) is 31.3 Å². The largest absolute Gasteiger partial charge is 0.493 e. The van der Waals surface area contributed by atoms with Crippen LogP contribution in [0.5, 0.6) is 5.75 Å². The molecule has 0 radical (unpaired) electrons. The zero-order valence-corrected chi connectivity index (χ0v) is 21.6. The fourth-order valence-electron chi connectivity index (χ4n) is 3.03. The number of carbonyl (C=O) groups excluding carboxylic acids is 1. The number of sulfonamides is 1. The molecule has 34 heavy (non-hydrogen) atoms. The van der Waals surface area contributed by atoms with E-state index in [0.29, 0.717) is 41.0 Å². The summed E-state index contributed by atoms with van der Waals surface area (Å²) in [5.74, 6) is 0.257. The Labute approximate surface area is 213 Å². The van der Waals surface area contributed by atoms with E-state index in [-0.39, 0.29) is 15.9 Å². The molecule has 0 saturated carbocycles. The van der Waals surface area contributed by atoms with E-state index >= 15 is 0 Å². The molecule has 178 valence electrons. The van der Waals surface area contributed by atoms with Gasteiger partial charge in [0.25, 0.3) is 5.91 Å². The molecule has 3 rings (SSSR count). The first-order valence-electron chi connectivity index (χ1n) is 10.5. The number of thiocarbonyl (C=S) groups is 1. The first-order chi connectivity index (χ1) is 16.3. The summed E-state index contributed by atoms with van der Waals surface area (Å²) in [4.78, 5) is 12.6. The van der Waals surface area contributed by atoms with Gasteiger partial charge in [-0.25, -0.2) is 13.1 Å². The molecule has 3 aromatic carbocycles. The minimum atomic E-state index is -3.64. The Kier molecular flexibility index (Phi) is 9.17. The minimum Gasteiger partial charge on any atom is -0.493 e. The second-order valence-corrected chi connectivity index (χ2v) is 10.2. The predicted octanol–water partition coefficient (Wildman–Crippen LogP) is 4.50. The van der Waals surface area contributed by atoms with E-state index in [4.69, 9.17) is 17.0 Å². The van der Waals surface area contributed by atoms with Crippen LogP contribution in [-0.2, 0) is 16.4 Å². The van der Waals surface area contributed by atoms with E-state index in [0.717, 1.165) is 5.56 Å². The highest BCUT2D eigenvalue weighted by atomic mass is 79.9. The molecule has 0 unspecified atom stereocenters. The van der Waals surface area contributed by atoms with Gasteiger partial charge in [0.05, 0.1) is 16.0 Å². The average Bonchev–Trinajstić information content (AvgIpc) is 2.81. The van der Waals surface area contributed by atoms with Gasteiger partial charge in [0.15, 0.2) is 5.11 Å². The SMILES string of the molecule is CCOc1ccc(C(=O)NC(=S)Nc2ccc(S(=O)(=O)NCCc3ccccc3)cc2)cc1Br. The lowest BCUT2D eigenvalue weighted by molar-refractivity contribution is 0.0977. The Hall–Kier alpha value is -2.79. The summed E-state index contributed by atoms with van der Waals surface area (Å²) in [6, 6.07) is 20.7. The van der Waals surface area contributed by atoms with Crippen molar-refractivity contribution in [3.63, 3.8) is 0 Å². The predicted molar refractivity (Wildman–Crippen MR) is 141 cm³/mol. The topological polar surface area (TPSA) is 96.5 Å². The van der Waals surface area contributed by atoms with E-state index in [1.807, 2.05) is 37.3 Å². The van der Waals surface area contributed by atoms with Gasteiger partial charge in [0.2, 0.25) is 10.0 Å². The Morgan fingerprint density at radius 2 is 1.74 bits per heavy atom. The lowest BCUT2D eigenvalue weighted by Crippen LogP contribution is -2.34. The van der Waals surface area contributed by atoms with Crippen LogP contribution in [-0.4, -0.2) is 32.6 Å². The number of nitrogens with one attached hydrogen (secondary N) is 3. The van der Waals surface area contributed by atoms with Gasteiger partial charge in [0, 0.05) is 17.8 Å². The Balaban J connectivity index is 1.53. The zero-order chi connectivity index (χ0) is 24.6. The lowest BCUT2D eigenvalue weighted by atomic mass is 10.2. The highest BCUT2D eigenvalue weighted by Crippen LogP contribution is 2.26. The average molecular weight is 563 g/mol. The van der Waals surface area contributed by atoms with E-state index in [9.17, 15) is 13.2 Å². The summed E-state index contributed by atoms with van der Waals surface area (Å²) in [5.41, 5.74) is 2.00. The van der Waals surface area contributed by atoms with Gasteiger partial charge >= 0.3 is 0 Å². The molecule has 0 atom stereocenters. The molecule has 3 aromatic rings. The molecule has 1 amide bonds. The van der Waals surface area contributed by atoms with Gasteiger partial charge in [-0.3, -0.25) is 10.1 Å². The Bertz CT molecular complexity index is 1250. The third kappa shape index (κ3) is 7.36. The maximum absolute atomic E-state index is 12.5. The van der Waals surface area contributed by atoms with E-state index < -0.39 is 10.0 Å². The van der Waals surface area contributed by atoms with Crippen molar-refractivity contribution in [2.45, 2.75) is 18.2 Å². The van der Waals surface area contributed by atoms with Crippen LogP contribution >= 0.6 is 28.1 Å². The number of carbonyl (C=O) groups is 1. The number of anilines is 1. The molecule has 0 aliphatic carbocycles. The first-order valence-corrected chi connectivity index (χ1v) is 13.2. The van der Waals surface area contributed by atoms with Crippen LogP contribution in [0.4, 0.5) is 5.69 Å². The molecule has 0 spiro atoms. The van der Waals surface area contributed by atoms with Crippen LogP contribution in [0.2, 0.25) is 0 Å². The van der Waals surface area contributed by atoms with E-state index in [1.54, 1.807) is 30.3 Å². The Morgan fingerprint density at radius 3 is 2.38 bits per heavy atom. The van der Waals surface area contributed by atoms with Gasteiger partial charge in [-0.1, -0.05) is 30.3 Å². The van der Waals surface area contributed by atoms with Crippen LogP contribution < -0.4 is 20.1 Å². The molecule has 3 N–H and O–H groups in total. The molecule has 0 bridgehead atoms. The third-order valence-electron chi connectivity index (χ3n) is 4.69. The maximum atomic E-state index is 12.5. The third-order valence-corrected chi connectivity index (χ3v) is 6.99. The summed E-state index contributed by atoms with van der Waals surface area (Å²) in [6.07, 6.45) is 0.596. The molecule has 0 fully saturated rings. The van der Waals surface area contributed by atoms with Crippen LogP contribution in [0.15, 0.2) is 82.2 Å². The number of amides is 1. The number of benzene rings is 3. The van der Waals surface area contributed by atoms with Crippen molar-refractivity contribution < 1.29 is 17.9 Å². The van der Waals surface area contributed by atoms with Crippen molar-refractivity contribution in [1.29, 1.82) is 0 Å². The quantitative estimate of drug-likeness (QED) is 0.333. The fraction of sp³-hybridized carbons (Fsp3) is 0.167. The Morgan fingerprint density at radius 1 is 1.03 bits per heavy atom. The number of hydrogen-bond acceptors (Lipinski definition) is 5. The van der Waals surface area contributed by atoms with Crippen molar-refractivity contribution in [2.75, 3.05) is 18.5 Å². The minimum absolute atomic E-state index is 0.0894. The van der Waals surface area contributed by atoms with Gasteiger partial charge in [0.1, 0.15) is 5.75 Å². The fourth-order valence-corrected chi connectivity index (χ4v) is 4.76. The molecule has 0 aliphatic rings. The number of ether oxygens (including phenoxy) is 1. The molecule has 0 aliphatic heterocycles. The van der Waals surface area contributed by atoms with Gasteiger partial charge in [-0.2, -0.15) is 0 Å². The highest BCUT2D eigenvalue weighted by molar-refractivity contribution is 9.10. The molecule has 0 saturated heterocycles. The molecule has 0 heterocycles. The van der Waals surface area contributed by atoms with Gasteiger partial charge in [-0.15, -0.1) is 0 Å². The maximum Gasteiger partial charge on any atom is 0.257 e. The van der Waals surface area contributed by atoms with Crippen molar-refractivity contribution in [3.05, 3.63) is 88.4 Å². The summed E-state index contributed by atoms with van der Waals surface area (Å²) in [5, 5.41) is 5.57. The van der Waals surface area contributed by atoms with Crippen molar-refractivity contribution in [2.24, 2.45) is 0 Å². The molecule has 7 nitrogen and oxygen atoms in total. The second kappa shape index (κ2) is 12.1. The van der Waals surface area contributed by atoms with Crippen LogP contribution in [0.1, 0.15) is 22.8 Å². The van der Waals surface area contributed by atoms with Crippen molar-refractivity contribution in [1.82, 2.24) is 10.0 Å².